The summed E-state index contributed by atoms with van der Waals surface area (Å²) in [6, 6.07) is 0. The molecule has 0 atom stereocenters. The van der Waals surface area contributed by atoms with Crippen molar-refractivity contribution in [2.24, 2.45) is 0 Å². The van der Waals surface area contributed by atoms with Gasteiger partial charge in [0, 0.05) is 0 Å². The smallest absolute Gasteiger partial charge is 0.247 e. The van der Waals surface area contributed by atoms with Crippen molar-refractivity contribution >= 4 is 16.3 Å². The molecule has 0 radical (unpaired) electrons. The van der Waals surface area contributed by atoms with E-state index in [0.717, 1.165) is 11.3 Å². The molecule has 0 unspecified atom stereocenters. The summed E-state index contributed by atoms with van der Waals surface area (Å²) >= 11 is 1.10. The third-order valence-corrected chi connectivity index (χ3v) is 1.18. The highest BCUT2D eigenvalue weighted by Gasteiger charge is 1.95. The monoisotopic (exact) mass is 118 g/mol. The minimum Gasteiger partial charge on any atom is -0.387 e. The SMILES string of the molecule is Nc1scnc1F. The second kappa shape index (κ2) is 1.46. The standard InChI is InChI=1S/C3H3FN2S/c4-2-3(5)7-1-6-2/h1H,5H2. The van der Waals surface area contributed by atoms with Crippen LogP contribution < -0.4 is 5.73 Å². The van der Waals surface area contributed by atoms with Crippen LogP contribution >= 0.6 is 11.3 Å². The van der Waals surface area contributed by atoms with Crippen molar-refractivity contribution in [3.8, 4) is 0 Å². The first-order valence-electron chi connectivity index (χ1n) is 1.65. The van der Waals surface area contributed by atoms with Crippen LogP contribution in [0.25, 0.3) is 0 Å². The number of hydrogen-bond acceptors (Lipinski definition) is 3. The van der Waals surface area contributed by atoms with E-state index in [4.69, 9.17) is 5.73 Å². The van der Waals surface area contributed by atoms with Crippen LogP contribution in [-0.2, 0) is 0 Å². The lowest BCUT2D eigenvalue weighted by Gasteiger charge is -1.74. The maximum atomic E-state index is 11.9. The van der Waals surface area contributed by atoms with Gasteiger partial charge >= 0.3 is 0 Å². The molecule has 1 aromatic rings. The van der Waals surface area contributed by atoms with Gasteiger partial charge in [-0.3, -0.25) is 0 Å². The lowest BCUT2D eigenvalue weighted by atomic mass is 10.8. The minimum absolute atomic E-state index is 0.153. The summed E-state index contributed by atoms with van der Waals surface area (Å²) in [4.78, 5) is 3.24. The first-order chi connectivity index (χ1) is 3.30. The number of nitrogen functional groups attached to an aromatic ring is 1. The Morgan fingerprint density at radius 3 is 2.71 bits per heavy atom. The highest BCUT2D eigenvalue weighted by atomic mass is 32.1. The molecular formula is C3H3FN2S. The van der Waals surface area contributed by atoms with Gasteiger partial charge in [-0.15, -0.1) is 11.3 Å². The van der Waals surface area contributed by atoms with E-state index in [9.17, 15) is 4.39 Å². The van der Waals surface area contributed by atoms with Gasteiger partial charge in [0.05, 0.1) is 5.51 Å². The van der Waals surface area contributed by atoms with Gasteiger partial charge in [-0.1, -0.05) is 0 Å². The molecule has 0 amide bonds. The van der Waals surface area contributed by atoms with Crippen LogP contribution in [0.4, 0.5) is 9.39 Å². The Hall–Kier alpha value is -0.640. The average molecular weight is 118 g/mol. The largest absolute Gasteiger partial charge is 0.387 e. The number of nitrogens with zero attached hydrogens (tertiary/aromatic N) is 1. The molecule has 7 heavy (non-hydrogen) atoms. The van der Waals surface area contributed by atoms with Crippen LogP contribution in [0.2, 0.25) is 0 Å². The van der Waals surface area contributed by atoms with Gasteiger partial charge in [-0.2, -0.15) is 4.39 Å². The Morgan fingerprint density at radius 1 is 1.86 bits per heavy atom. The van der Waals surface area contributed by atoms with Gasteiger partial charge in [0.2, 0.25) is 5.95 Å². The summed E-state index contributed by atoms with van der Waals surface area (Å²) in [6.07, 6.45) is 0. The topological polar surface area (TPSA) is 38.9 Å². The molecule has 2 nitrogen and oxygen atoms in total. The molecule has 0 aromatic carbocycles. The molecule has 0 bridgehead atoms. The van der Waals surface area contributed by atoms with E-state index >= 15 is 0 Å². The van der Waals surface area contributed by atoms with E-state index in [1.54, 1.807) is 0 Å². The van der Waals surface area contributed by atoms with Crippen molar-refractivity contribution in [2.75, 3.05) is 5.73 Å². The summed E-state index contributed by atoms with van der Waals surface area (Å²) < 4.78 is 11.9. The molecule has 38 valence electrons. The molecule has 0 saturated heterocycles. The molecule has 1 aromatic heterocycles. The number of aromatic nitrogens is 1. The fourth-order valence-corrected chi connectivity index (χ4v) is 0.650. The van der Waals surface area contributed by atoms with Crippen molar-refractivity contribution in [1.82, 2.24) is 4.98 Å². The number of thiazole rings is 1. The molecule has 0 aliphatic carbocycles. The quantitative estimate of drug-likeness (QED) is 0.548. The first-order valence-corrected chi connectivity index (χ1v) is 2.53. The normalized spacial score (nSPS) is 9.29. The number of rotatable bonds is 0. The van der Waals surface area contributed by atoms with Crippen molar-refractivity contribution in [3.05, 3.63) is 11.5 Å². The van der Waals surface area contributed by atoms with Gasteiger partial charge in [-0.05, 0) is 0 Å². The summed E-state index contributed by atoms with van der Waals surface area (Å²) in [5.41, 5.74) is 6.39. The van der Waals surface area contributed by atoms with Crippen molar-refractivity contribution in [2.45, 2.75) is 0 Å². The molecule has 1 heterocycles. The predicted molar refractivity (Wildman–Crippen MR) is 26.5 cm³/mol. The number of nitrogens with two attached hydrogens (primary N) is 1. The van der Waals surface area contributed by atoms with Crippen LogP contribution in [-0.4, -0.2) is 4.98 Å². The van der Waals surface area contributed by atoms with Gasteiger partial charge in [0.1, 0.15) is 5.00 Å². The fraction of sp³-hybridized carbons (Fsp3) is 0. The van der Waals surface area contributed by atoms with E-state index < -0.39 is 5.95 Å². The molecule has 0 fully saturated rings. The van der Waals surface area contributed by atoms with E-state index in [1.165, 1.54) is 5.51 Å². The summed E-state index contributed by atoms with van der Waals surface area (Å²) in [5, 5.41) is 0.153. The van der Waals surface area contributed by atoms with Crippen molar-refractivity contribution < 1.29 is 4.39 Å². The van der Waals surface area contributed by atoms with Gasteiger partial charge in [0.25, 0.3) is 0 Å². The summed E-state index contributed by atoms with van der Waals surface area (Å²) in [6.45, 7) is 0. The Bertz CT molecular complexity index is 145. The van der Waals surface area contributed by atoms with Crippen LogP contribution in [0.3, 0.4) is 0 Å². The third-order valence-electron chi connectivity index (χ3n) is 0.549. The van der Waals surface area contributed by atoms with Crippen molar-refractivity contribution in [3.63, 3.8) is 0 Å². The summed E-state index contributed by atoms with van der Waals surface area (Å²) in [7, 11) is 0. The number of halogens is 1. The highest BCUT2D eigenvalue weighted by Crippen LogP contribution is 2.11. The van der Waals surface area contributed by atoms with Gasteiger partial charge < -0.3 is 5.73 Å². The zero-order chi connectivity index (χ0) is 5.28. The number of anilines is 1. The zero-order valence-corrected chi connectivity index (χ0v) is 4.20. The van der Waals surface area contributed by atoms with Crippen LogP contribution in [0.1, 0.15) is 0 Å². The zero-order valence-electron chi connectivity index (χ0n) is 3.39. The molecule has 4 heteroatoms. The Balaban J connectivity index is 3.12. The maximum Gasteiger partial charge on any atom is 0.247 e. The molecular weight excluding hydrogens is 115 g/mol. The Labute approximate surface area is 43.8 Å². The minimum atomic E-state index is -0.565. The van der Waals surface area contributed by atoms with E-state index in [2.05, 4.69) is 4.98 Å². The van der Waals surface area contributed by atoms with Crippen LogP contribution in [0, 0.1) is 5.95 Å². The number of hydrogen-bond donors (Lipinski definition) is 1. The lowest BCUT2D eigenvalue weighted by Crippen LogP contribution is -1.82. The molecule has 1 rings (SSSR count). The van der Waals surface area contributed by atoms with E-state index in [0.29, 0.717) is 0 Å². The molecule has 0 spiro atoms. The Kier molecular flexibility index (Phi) is 0.941. The fourth-order valence-electron chi connectivity index (χ4n) is 0.242. The molecule has 2 N–H and O–H groups in total. The Morgan fingerprint density at radius 2 is 2.57 bits per heavy atom. The highest BCUT2D eigenvalue weighted by molar-refractivity contribution is 7.13. The van der Waals surface area contributed by atoms with E-state index in [-0.39, 0.29) is 5.00 Å². The van der Waals surface area contributed by atoms with Gasteiger partial charge in [-0.25, -0.2) is 4.98 Å². The maximum absolute atomic E-state index is 11.9. The van der Waals surface area contributed by atoms with Crippen LogP contribution in [0.5, 0.6) is 0 Å². The van der Waals surface area contributed by atoms with Crippen LogP contribution in [0.15, 0.2) is 5.51 Å². The second-order valence-corrected chi connectivity index (χ2v) is 1.89. The predicted octanol–water partition coefficient (Wildman–Crippen LogP) is 0.864. The van der Waals surface area contributed by atoms with Gasteiger partial charge in [0.15, 0.2) is 0 Å². The molecule has 0 saturated carbocycles. The third kappa shape index (κ3) is 0.691. The van der Waals surface area contributed by atoms with Crippen molar-refractivity contribution in [1.29, 1.82) is 0 Å². The molecule has 0 aliphatic heterocycles. The molecule has 0 aliphatic rings. The average Bonchev–Trinajstić information content (AvgIpc) is 1.91. The lowest BCUT2D eigenvalue weighted by molar-refractivity contribution is 0.596. The van der Waals surface area contributed by atoms with E-state index in [1.807, 2.05) is 0 Å². The summed E-state index contributed by atoms with van der Waals surface area (Å²) in [5.74, 6) is -0.565. The second-order valence-electron chi connectivity index (χ2n) is 1.01. The first kappa shape index (κ1) is 4.52.